The highest BCUT2D eigenvalue weighted by Gasteiger charge is 2.39. The fraction of sp³-hybridized carbons (Fsp3) is 0.615. The minimum Gasteiger partial charge on any atom is -0.481 e. The lowest BCUT2D eigenvalue weighted by atomic mass is 9.93. The van der Waals surface area contributed by atoms with E-state index in [0.29, 0.717) is 30.7 Å². The molecule has 9 heteroatoms. The van der Waals surface area contributed by atoms with E-state index in [2.05, 4.69) is 4.98 Å². The number of alkyl halides is 3. The van der Waals surface area contributed by atoms with Crippen molar-refractivity contribution in [2.45, 2.75) is 31.9 Å². The Kier molecular flexibility index (Phi) is 5.05. The van der Waals surface area contributed by atoms with Crippen LogP contribution >= 0.6 is 11.3 Å². The minimum atomic E-state index is -4.59. The Morgan fingerprint density at radius 1 is 1.45 bits per heavy atom. The van der Waals surface area contributed by atoms with Gasteiger partial charge in [-0.1, -0.05) is 0 Å². The average Bonchev–Trinajstić information content (AvgIpc) is 2.94. The van der Waals surface area contributed by atoms with Crippen LogP contribution in [0.15, 0.2) is 5.51 Å². The highest BCUT2D eigenvalue weighted by Crippen LogP contribution is 2.35. The summed E-state index contributed by atoms with van der Waals surface area (Å²) in [5.74, 6) is -1.64. The molecular weight excluding hydrogens is 321 g/mol. The number of carboxylic acid groups (broad SMARTS) is 1. The lowest BCUT2D eigenvalue weighted by molar-refractivity contribution is -0.137. The van der Waals surface area contributed by atoms with Gasteiger partial charge in [-0.2, -0.15) is 13.2 Å². The minimum absolute atomic E-state index is 0.00164. The zero-order valence-electron chi connectivity index (χ0n) is 11.6. The van der Waals surface area contributed by atoms with Crippen LogP contribution in [-0.2, 0) is 11.0 Å². The number of aliphatic carboxylic acids is 1. The van der Waals surface area contributed by atoms with Gasteiger partial charge in [0.25, 0.3) is 5.91 Å². The third kappa shape index (κ3) is 3.96. The molecule has 0 radical (unpaired) electrons. The van der Waals surface area contributed by atoms with E-state index >= 15 is 0 Å². The van der Waals surface area contributed by atoms with Crippen molar-refractivity contribution >= 4 is 23.2 Å². The van der Waals surface area contributed by atoms with Crippen LogP contribution < -0.4 is 0 Å². The molecular formula is C13H15F3N2O3S. The van der Waals surface area contributed by atoms with Crippen molar-refractivity contribution in [3.05, 3.63) is 16.1 Å². The van der Waals surface area contributed by atoms with E-state index in [1.165, 1.54) is 4.90 Å². The summed E-state index contributed by atoms with van der Waals surface area (Å²) in [6.07, 6.45) is -2.74. The highest BCUT2D eigenvalue weighted by molar-refractivity contribution is 7.10. The number of carbonyl (C=O) groups is 2. The van der Waals surface area contributed by atoms with Crippen LogP contribution in [-0.4, -0.2) is 40.0 Å². The molecule has 0 spiro atoms. The van der Waals surface area contributed by atoms with Crippen LogP contribution in [0.2, 0.25) is 0 Å². The number of nitrogens with zero attached hydrogens (tertiary/aromatic N) is 2. The van der Waals surface area contributed by atoms with Gasteiger partial charge in [-0.25, -0.2) is 4.98 Å². The second-order valence-electron chi connectivity index (χ2n) is 5.22. The smallest absolute Gasteiger partial charge is 0.427 e. The van der Waals surface area contributed by atoms with E-state index in [-0.39, 0.29) is 18.9 Å². The molecule has 5 nitrogen and oxygen atoms in total. The molecule has 1 atom stereocenters. The average molecular weight is 336 g/mol. The summed E-state index contributed by atoms with van der Waals surface area (Å²) in [5, 5.41) is 8.68. The molecule has 1 aliphatic rings. The van der Waals surface area contributed by atoms with Gasteiger partial charge in [0.15, 0.2) is 5.69 Å². The Morgan fingerprint density at radius 3 is 2.82 bits per heavy atom. The van der Waals surface area contributed by atoms with Crippen LogP contribution in [0.25, 0.3) is 0 Å². The number of piperidine rings is 1. The first-order valence-electron chi connectivity index (χ1n) is 6.80. The first-order valence-corrected chi connectivity index (χ1v) is 7.68. The molecule has 0 aromatic carbocycles. The molecule has 122 valence electrons. The number of thiazole rings is 1. The third-order valence-corrected chi connectivity index (χ3v) is 4.47. The first-order chi connectivity index (χ1) is 10.3. The van der Waals surface area contributed by atoms with Crippen LogP contribution in [0.1, 0.15) is 41.0 Å². The Morgan fingerprint density at radius 2 is 2.18 bits per heavy atom. The van der Waals surface area contributed by atoms with Crippen molar-refractivity contribution in [2.75, 3.05) is 13.1 Å². The first kappa shape index (κ1) is 16.7. The predicted octanol–water partition coefficient (Wildman–Crippen LogP) is 2.88. The molecule has 1 fully saturated rings. The number of hydrogen-bond acceptors (Lipinski definition) is 4. The summed E-state index contributed by atoms with van der Waals surface area (Å²) >= 11 is 0.402. The molecule has 1 amide bonds. The molecule has 0 saturated carbocycles. The second-order valence-corrected chi connectivity index (χ2v) is 6.07. The number of amides is 1. The van der Waals surface area contributed by atoms with E-state index in [0.717, 1.165) is 11.9 Å². The molecule has 0 bridgehead atoms. The van der Waals surface area contributed by atoms with Gasteiger partial charge < -0.3 is 10.0 Å². The van der Waals surface area contributed by atoms with Gasteiger partial charge in [-0.05, 0) is 25.2 Å². The number of carbonyl (C=O) groups excluding carboxylic acids is 1. The maximum atomic E-state index is 12.8. The van der Waals surface area contributed by atoms with Gasteiger partial charge in [-0.15, -0.1) is 11.3 Å². The van der Waals surface area contributed by atoms with E-state index in [1.807, 2.05) is 0 Å². The van der Waals surface area contributed by atoms with Crippen LogP contribution in [0.4, 0.5) is 13.2 Å². The summed E-state index contributed by atoms with van der Waals surface area (Å²) in [6.45, 7) is 0.651. The van der Waals surface area contributed by atoms with Gasteiger partial charge in [0, 0.05) is 19.5 Å². The van der Waals surface area contributed by atoms with Crippen molar-refractivity contribution in [2.24, 2.45) is 5.92 Å². The van der Waals surface area contributed by atoms with Crippen molar-refractivity contribution in [1.29, 1.82) is 0 Å². The lowest BCUT2D eigenvalue weighted by Gasteiger charge is -2.32. The molecule has 1 N–H and O–H groups in total. The molecule has 1 saturated heterocycles. The maximum Gasteiger partial charge on any atom is 0.427 e. The van der Waals surface area contributed by atoms with Gasteiger partial charge in [0.05, 0.1) is 5.51 Å². The van der Waals surface area contributed by atoms with E-state index in [9.17, 15) is 22.8 Å². The number of hydrogen-bond donors (Lipinski definition) is 1. The lowest BCUT2D eigenvalue weighted by Crippen LogP contribution is -2.40. The van der Waals surface area contributed by atoms with Crippen molar-refractivity contribution in [3.63, 3.8) is 0 Å². The van der Waals surface area contributed by atoms with Crippen LogP contribution in [0.3, 0.4) is 0 Å². The summed E-state index contributed by atoms with van der Waals surface area (Å²) < 4.78 is 38.5. The monoisotopic (exact) mass is 336 g/mol. The molecule has 0 aliphatic carbocycles. The topological polar surface area (TPSA) is 70.5 Å². The SMILES string of the molecule is O=C(O)CCC1CCCN(C(=O)c2ncsc2C(F)(F)F)C1. The van der Waals surface area contributed by atoms with Gasteiger partial charge in [0.1, 0.15) is 4.88 Å². The van der Waals surface area contributed by atoms with Crippen molar-refractivity contribution < 1.29 is 27.9 Å². The quantitative estimate of drug-likeness (QED) is 0.918. The molecule has 2 heterocycles. The second kappa shape index (κ2) is 6.64. The zero-order chi connectivity index (χ0) is 16.3. The molecule has 1 unspecified atom stereocenters. The Labute approximate surface area is 128 Å². The molecule has 22 heavy (non-hydrogen) atoms. The van der Waals surface area contributed by atoms with Gasteiger partial charge in [0.2, 0.25) is 0 Å². The fourth-order valence-electron chi connectivity index (χ4n) is 2.56. The summed E-state index contributed by atoms with van der Waals surface area (Å²) in [6, 6.07) is 0. The molecule has 1 aliphatic heterocycles. The molecule has 1 aromatic heterocycles. The van der Waals surface area contributed by atoms with E-state index in [4.69, 9.17) is 5.11 Å². The largest absolute Gasteiger partial charge is 0.481 e. The summed E-state index contributed by atoms with van der Waals surface area (Å²) in [7, 11) is 0. The highest BCUT2D eigenvalue weighted by atomic mass is 32.1. The maximum absolute atomic E-state index is 12.8. The number of rotatable bonds is 4. The van der Waals surface area contributed by atoms with Crippen molar-refractivity contribution in [1.82, 2.24) is 9.88 Å². The van der Waals surface area contributed by atoms with Gasteiger partial charge >= 0.3 is 12.1 Å². The standard InChI is InChI=1S/C13H15F3N2O3S/c14-13(15,16)11-10(17-7-22-11)12(21)18-5-1-2-8(6-18)3-4-9(19)20/h7-8H,1-6H2,(H,19,20). The Hall–Kier alpha value is -1.64. The number of aromatic nitrogens is 1. The normalized spacial score (nSPS) is 19.2. The van der Waals surface area contributed by atoms with Crippen molar-refractivity contribution in [3.8, 4) is 0 Å². The number of halogens is 3. The van der Waals surface area contributed by atoms with Gasteiger partial charge in [-0.3, -0.25) is 9.59 Å². The zero-order valence-corrected chi connectivity index (χ0v) is 12.4. The fourth-order valence-corrected chi connectivity index (χ4v) is 3.21. The number of carboxylic acids is 1. The molecule has 2 rings (SSSR count). The Balaban J connectivity index is 2.06. The van der Waals surface area contributed by atoms with E-state index in [1.54, 1.807) is 0 Å². The van der Waals surface area contributed by atoms with Crippen LogP contribution in [0.5, 0.6) is 0 Å². The summed E-state index contributed by atoms with van der Waals surface area (Å²) in [5.41, 5.74) is 0.457. The molecule has 1 aromatic rings. The third-order valence-electron chi connectivity index (χ3n) is 3.60. The summed E-state index contributed by atoms with van der Waals surface area (Å²) in [4.78, 5) is 26.8. The van der Waals surface area contributed by atoms with Crippen LogP contribution in [0, 0.1) is 5.92 Å². The number of likely N-dealkylation sites (tertiary alicyclic amines) is 1. The Bertz CT molecular complexity index is 559. The van der Waals surface area contributed by atoms with E-state index < -0.39 is 28.6 Å². The predicted molar refractivity (Wildman–Crippen MR) is 72.6 cm³/mol.